The molecule has 0 bridgehead atoms. The van der Waals surface area contributed by atoms with Gasteiger partial charge in [-0.05, 0) is 100 Å². The number of carboxylic acid groups (broad SMARTS) is 1. The van der Waals surface area contributed by atoms with Crippen LogP contribution in [0.1, 0.15) is 91.0 Å². The first-order valence-corrected chi connectivity index (χ1v) is 20.0. The highest BCUT2D eigenvalue weighted by Crippen LogP contribution is 2.12. The van der Waals surface area contributed by atoms with Crippen LogP contribution in [-0.2, 0) is 44.8 Å². The summed E-state index contributed by atoms with van der Waals surface area (Å²) in [5, 5.41) is 34.4. The zero-order chi connectivity index (χ0) is 44.7. The van der Waals surface area contributed by atoms with E-state index in [1.165, 1.54) is 12.1 Å². The number of carbonyl (C=O) groups excluding carboxylic acids is 7. The first kappa shape index (κ1) is 51.7. The third kappa shape index (κ3) is 20.8. The number of carbonyl (C=O) groups is 8. The lowest BCUT2D eigenvalue weighted by atomic mass is 10.0. The highest BCUT2D eigenvalue weighted by Gasteiger charge is 2.32. The predicted octanol–water partition coefficient (Wildman–Crippen LogP) is -1.89. The van der Waals surface area contributed by atoms with Crippen molar-refractivity contribution < 1.29 is 48.6 Å². The van der Waals surface area contributed by atoms with Crippen molar-refractivity contribution in [2.75, 3.05) is 19.6 Å². The van der Waals surface area contributed by atoms with Gasteiger partial charge in [0.25, 0.3) is 0 Å². The van der Waals surface area contributed by atoms with Gasteiger partial charge in [-0.25, -0.2) is 4.79 Å². The van der Waals surface area contributed by atoms with Crippen LogP contribution in [0.5, 0.6) is 5.75 Å². The quantitative estimate of drug-likeness (QED) is 0.0394. The summed E-state index contributed by atoms with van der Waals surface area (Å²) >= 11 is 0. The van der Waals surface area contributed by atoms with E-state index < -0.39 is 96.0 Å². The van der Waals surface area contributed by atoms with Crippen molar-refractivity contribution in [3.63, 3.8) is 0 Å². The number of aromatic hydroxyl groups is 1. The summed E-state index contributed by atoms with van der Waals surface area (Å²) in [6.07, 6.45) is 1.65. The minimum atomic E-state index is -1.38. The van der Waals surface area contributed by atoms with Gasteiger partial charge < -0.3 is 65.0 Å². The highest BCUT2D eigenvalue weighted by molar-refractivity contribution is 5.96. The molecule has 0 spiro atoms. The Labute approximate surface area is 345 Å². The van der Waals surface area contributed by atoms with Crippen LogP contribution in [0, 0.1) is 11.8 Å². The largest absolute Gasteiger partial charge is 0.508 e. The molecule has 1 aromatic carbocycles. The number of rotatable bonds is 29. The molecule has 0 aromatic heterocycles. The molecule has 0 saturated heterocycles. The third-order valence-corrected chi connectivity index (χ3v) is 9.21. The number of hydrogen-bond acceptors (Lipinski definition) is 12. The van der Waals surface area contributed by atoms with Crippen LogP contribution in [0.4, 0.5) is 0 Å². The van der Waals surface area contributed by atoms with E-state index in [1.54, 1.807) is 39.8 Å². The molecule has 1 aromatic rings. The van der Waals surface area contributed by atoms with Gasteiger partial charge in [0.05, 0.1) is 12.6 Å². The molecule has 59 heavy (non-hydrogen) atoms. The molecular formula is C39H66N10O10. The van der Waals surface area contributed by atoms with Crippen molar-refractivity contribution in [2.24, 2.45) is 34.8 Å². The van der Waals surface area contributed by atoms with Gasteiger partial charge in [0.1, 0.15) is 36.0 Å². The van der Waals surface area contributed by atoms with E-state index in [1.807, 2.05) is 0 Å². The fraction of sp³-hybridized carbons (Fsp3) is 0.641. The second-order valence-corrected chi connectivity index (χ2v) is 15.3. The van der Waals surface area contributed by atoms with Crippen molar-refractivity contribution in [1.29, 1.82) is 0 Å². The Balaban J connectivity index is 3.11. The van der Waals surface area contributed by atoms with E-state index in [-0.39, 0.29) is 56.7 Å². The topological polar surface area (TPSA) is 353 Å². The molecule has 20 nitrogen and oxygen atoms in total. The maximum atomic E-state index is 13.7. The predicted molar refractivity (Wildman–Crippen MR) is 219 cm³/mol. The maximum absolute atomic E-state index is 13.7. The fourth-order valence-corrected chi connectivity index (χ4v) is 5.89. The number of benzene rings is 1. The minimum absolute atomic E-state index is 0.0581. The summed E-state index contributed by atoms with van der Waals surface area (Å²) in [6.45, 7) is 6.96. The summed E-state index contributed by atoms with van der Waals surface area (Å²) in [4.78, 5) is 103. The van der Waals surface area contributed by atoms with Gasteiger partial charge in [-0.15, -0.1) is 0 Å². The van der Waals surface area contributed by atoms with E-state index in [9.17, 15) is 48.6 Å². The number of phenolic OH excluding ortho intramolecular Hbond substituents is 1. The Morgan fingerprint density at radius 3 is 1.59 bits per heavy atom. The van der Waals surface area contributed by atoms with Crippen LogP contribution < -0.4 is 54.8 Å². The van der Waals surface area contributed by atoms with Crippen molar-refractivity contribution in [3.05, 3.63) is 29.8 Å². The normalized spacial score (nSPS) is 14.2. The molecule has 7 amide bonds. The van der Waals surface area contributed by atoms with Gasteiger partial charge in [0.15, 0.2) is 0 Å². The molecule has 0 fully saturated rings. The van der Waals surface area contributed by atoms with Crippen molar-refractivity contribution in [2.45, 2.75) is 128 Å². The van der Waals surface area contributed by atoms with Crippen LogP contribution in [0.15, 0.2) is 24.3 Å². The van der Waals surface area contributed by atoms with Crippen LogP contribution in [-0.4, -0.2) is 113 Å². The number of carboxylic acids is 1. The lowest BCUT2D eigenvalue weighted by molar-refractivity contribution is -0.143. The lowest BCUT2D eigenvalue weighted by Crippen LogP contribution is -2.58. The number of primary amides is 1. The van der Waals surface area contributed by atoms with E-state index in [4.69, 9.17) is 22.9 Å². The van der Waals surface area contributed by atoms with E-state index >= 15 is 0 Å². The number of nitrogens with two attached hydrogens (primary N) is 4. The molecule has 6 atom stereocenters. The lowest BCUT2D eigenvalue weighted by Gasteiger charge is -2.26. The van der Waals surface area contributed by atoms with Crippen LogP contribution in [0.25, 0.3) is 0 Å². The van der Waals surface area contributed by atoms with E-state index in [0.717, 1.165) is 0 Å². The van der Waals surface area contributed by atoms with Gasteiger partial charge in [-0.2, -0.15) is 0 Å². The second-order valence-electron chi connectivity index (χ2n) is 15.3. The van der Waals surface area contributed by atoms with Crippen LogP contribution in [0.3, 0.4) is 0 Å². The number of nitrogens with one attached hydrogen (secondary N) is 6. The van der Waals surface area contributed by atoms with Gasteiger partial charge in [-0.1, -0.05) is 39.8 Å². The third-order valence-electron chi connectivity index (χ3n) is 9.21. The smallest absolute Gasteiger partial charge is 0.326 e. The molecule has 0 aliphatic carbocycles. The van der Waals surface area contributed by atoms with Crippen molar-refractivity contribution in [1.82, 2.24) is 31.9 Å². The summed E-state index contributed by atoms with van der Waals surface area (Å²) in [7, 11) is 0. The average molecular weight is 835 g/mol. The minimum Gasteiger partial charge on any atom is -0.508 e. The van der Waals surface area contributed by atoms with Crippen molar-refractivity contribution in [3.8, 4) is 5.75 Å². The Hall–Kier alpha value is -5.34. The monoisotopic (exact) mass is 834 g/mol. The SMILES string of the molecule is CC(C)C[C@H](NC(=O)[C@H](CCC(N)=O)NC(=O)[C@H](CCCCN)NC(=O)[C@H](CCCCN)NC(=O)CNC(=O)[C@@H](NC(=O)[C@@H](N)Cc1ccc(O)cc1)C(C)C)C(=O)O. The Kier molecular flexibility index (Phi) is 24.0. The Bertz CT molecular complexity index is 1540. The highest BCUT2D eigenvalue weighted by atomic mass is 16.4. The summed E-state index contributed by atoms with van der Waals surface area (Å²) < 4.78 is 0. The molecule has 0 aliphatic heterocycles. The Morgan fingerprint density at radius 2 is 1.14 bits per heavy atom. The van der Waals surface area contributed by atoms with Gasteiger partial charge in [0.2, 0.25) is 41.4 Å². The van der Waals surface area contributed by atoms with Crippen molar-refractivity contribution >= 4 is 47.3 Å². The fourth-order valence-electron chi connectivity index (χ4n) is 5.89. The van der Waals surface area contributed by atoms with Gasteiger partial charge in [0, 0.05) is 6.42 Å². The summed E-state index contributed by atoms with van der Waals surface area (Å²) in [5.41, 5.74) is 23.4. The second kappa shape index (κ2) is 27.4. The average Bonchev–Trinajstić information content (AvgIpc) is 3.16. The summed E-state index contributed by atoms with van der Waals surface area (Å²) in [5.74, 6) is -6.91. The number of aliphatic carboxylic acids is 1. The standard InChI is InChI=1S/C39H66N10O10/c1-22(2)19-30(39(58)59)48-37(56)29(15-16-31(43)51)47-36(55)28(10-6-8-18-41)46-35(54)27(9-5-7-17-40)45-32(52)21-44-38(57)33(23(3)4)49-34(53)26(42)20-24-11-13-25(50)14-12-24/h11-14,22-23,26-30,33,50H,5-10,15-21,40-42H2,1-4H3,(H2,43,51)(H,44,57)(H,45,52)(H,46,54)(H,47,55)(H,48,56)(H,49,53)(H,58,59)/t26-,27-,28-,29-,30-,33-/m0/s1. The molecular weight excluding hydrogens is 768 g/mol. The number of unbranched alkanes of at least 4 members (excludes halogenated alkanes) is 2. The van der Waals surface area contributed by atoms with Gasteiger partial charge >= 0.3 is 5.97 Å². The molecule has 1 rings (SSSR count). The number of amides is 7. The molecule has 0 radical (unpaired) electrons. The van der Waals surface area contributed by atoms with Gasteiger partial charge in [-0.3, -0.25) is 33.6 Å². The number of hydrogen-bond donors (Lipinski definition) is 12. The molecule has 0 saturated carbocycles. The zero-order valence-corrected chi connectivity index (χ0v) is 34.6. The van der Waals surface area contributed by atoms with Crippen LogP contribution >= 0.6 is 0 Å². The number of phenols is 1. The molecule has 0 unspecified atom stereocenters. The first-order chi connectivity index (χ1) is 27.8. The van der Waals surface area contributed by atoms with E-state index in [0.29, 0.717) is 37.8 Å². The molecule has 0 heterocycles. The maximum Gasteiger partial charge on any atom is 0.326 e. The molecule has 16 N–H and O–H groups in total. The molecule has 20 heteroatoms. The molecule has 0 aliphatic rings. The van der Waals surface area contributed by atoms with E-state index in [2.05, 4.69) is 31.9 Å². The molecule has 332 valence electrons. The first-order valence-electron chi connectivity index (χ1n) is 20.0. The van der Waals surface area contributed by atoms with Crippen LogP contribution in [0.2, 0.25) is 0 Å². The summed E-state index contributed by atoms with van der Waals surface area (Å²) in [6, 6.07) is -0.981. The zero-order valence-electron chi connectivity index (χ0n) is 34.6. The Morgan fingerprint density at radius 1 is 0.644 bits per heavy atom.